The van der Waals surface area contributed by atoms with Crippen LogP contribution in [-0.2, 0) is 27.1 Å². The van der Waals surface area contributed by atoms with Crippen molar-refractivity contribution >= 4 is 5.97 Å². The normalized spacial score (nSPS) is 12.1. The molecule has 23 heavy (non-hydrogen) atoms. The van der Waals surface area contributed by atoms with Gasteiger partial charge in [0.25, 0.3) is 0 Å². The van der Waals surface area contributed by atoms with Crippen molar-refractivity contribution in [1.29, 1.82) is 0 Å². The summed E-state index contributed by atoms with van der Waals surface area (Å²) in [6, 6.07) is 2.72. The molecule has 4 nitrogen and oxygen atoms in total. The highest BCUT2D eigenvalue weighted by molar-refractivity contribution is 5.92. The van der Waals surface area contributed by atoms with Crippen molar-refractivity contribution in [2.24, 2.45) is 0 Å². The van der Waals surface area contributed by atoms with Crippen LogP contribution in [0.4, 0.5) is 13.2 Å². The molecule has 0 saturated carbocycles. The van der Waals surface area contributed by atoms with Gasteiger partial charge in [0.1, 0.15) is 5.69 Å². The van der Waals surface area contributed by atoms with Gasteiger partial charge >= 0.3 is 12.1 Å². The second-order valence-corrected chi connectivity index (χ2v) is 4.61. The number of nitrogens with zero attached hydrogens (tertiary/aromatic N) is 1. The monoisotopic (exact) mass is 329 g/mol. The molecule has 0 amide bonds. The van der Waals surface area contributed by atoms with E-state index in [-0.39, 0.29) is 31.0 Å². The molecule has 0 aromatic carbocycles. The van der Waals surface area contributed by atoms with Crippen molar-refractivity contribution in [3.8, 4) is 0 Å². The molecule has 0 fully saturated rings. The smallest absolute Gasteiger partial charge is 0.433 e. The molecule has 0 N–H and O–H groups in total. The Bertz CT molecular complexity index is 594. The fraction of sp³-hybridized carbons (Fsp3) is 0.375. The zero-order chi connectivity index (χ0) is 17.5. The topological polar surface area (TPSA) is 48.4 Å². The highest BCUT2D eigenvalue weighted by Crippen LogP contribution is 2.30. The van der Waals surface area contributed by atoms with Crippen LogP contribution in [0.2, 0.25) is 0 Å². The minimum atomic E-state index is -4.52. The maximum absolute atomic E-state index is 12.8. The fourth-order valence-corrected chi connectivity index (χ4v) is 1.67. The first-order valence-electron chi connectivity index (χ1n) is 6.89. The van der Waals surface area contributed by atoms with E-state index in [1.54, 1.807) is 19.9 Å². The first kappa shape index (κ1) is 18.9. The van der Waals surface area contributed by atoms with E-state index >= 15 is 0 Å². The molecule has 0 aliphatic heterocycles. The lowest BCUT2D eigenvalue weighted by molar-refractivity contribution is -0.142. The lowest BCUT2D eigenvalue weighted by Gasteiger charge is -2.11. The number of rotatable bonds is 7. The Hall–Kier alpha value is -2.15. The first-order valence-corrected chi connectivity index (χ1v) is 6.89. The highest BCUT2D eigenvalue weighted by atomic mass is 19.4. The molecule has 0 spiro atoms. The summed E-state index contributed by atoms with van der Waals surface area (Å²) in [5.41, 5.74) is -0.273. The molecule has 0 bridgehead atoms. The Morgan fingerprint density at radius 2 is 2.13 bits per heavy atom. The Labute approximate surface area is 132 Å². The van der Waals surface area contributed by atoms with Crippen LogP contribution in [0.15, 0.2) is 42.1 Å². The second kappa shape index (κ2) is 8.47. The molecule has 0 unspecified atom stereocenters. The van der Waals surface area contributed by atoms with Gasteiger partial charge in [-0.2, -0.15) is 13.2 Å². The van der Waals surface area contributed by atoms with Crippen LogP contribution in [0.25, 0.3) is 0 Å². The van der Waals surface area contributed by atoms with Crippen LogP contribution >= 0.6 is 0 Å². The second-order valence-electron chi connectivity index (χ2n) is 4.61. The zero-order valence-corrected chi connectivity index (χ0v) is 12.9. The van der Waals surface area contributed by atoms with E-state index in [2.05, 4.69) is 11.6 Å². The minimum Gasteiger partial charge on any atom is -0.462 e. The maximum Gasteiger partial charge on any atom is 0.433 e. The quantitative estimate of drug-likeness (QED) is 0.331. The summed E-state index contributed by atoms with van der Waals surface area (Å²) in [7, 11) is 0. The van der Waals surface area contributed by atoms with E-state index in [1.807, 2.05) is 0 Å². The summed E-state index contributed by atoms with van der Waals surface area (Å²) in [5, 5.41) is 0. The number of carbonyl (C=O) groups is 1. The Morgan fingerprint density at radius 1 is 1.43 bits per heavy atom. The van der Waals surface area contributed by atoms with Gasteiger partial charge in [0.15, 0.2) is 0 Å². The van der Waals surface area contributed by atoms with Crippen LogP contribution in [0.5, 0.6) is 0 Å². The van der Waals surface area contributed by atoms with E-state index in [0.29, 0.717) is 5.57 Å². The number of hydrogen-bond donors (Lipinski definition) is 0. The van der Waals surface area contributed by atoms with Gasteiger partial charge in [-0.3, -0.25) is 4.98 Å². The van der Waals surface area contributed by atoms with Crippen LogP contribution in [0.1, 0.15) is 25.1 Å². The lowest BCUT2D eigenvalue weighted by atomic mass is 10.1. The number of carbonyl (C=O) groups excluding carboxylic acids is 1. The van der Waals surface area contributed by atoms with Gasteiger partial charge in [-0.05, 0) is 25.5 Å². The standard InChI is InChI=1S/C16H18F3NO3/c1-4-23-15(21)12(3)11(2)7-9-22-10-13-6-5-8-20-14(13)16(17,18)19/h5-8H,3-4,9-10H2,1-2H3/b11-7+. The number of esters is 1. The van der Waals surface area contributed by atoms with E-state index in [1.165, 1.54) is 12.1 Å². The van der Waals surface area contributed by atoms with E-state index in [0.717, 1.165) is 6.20 Å². The van der Waals surface area contributed by atoms with Gasteiger partial charge in [-0.25, -0.2) is 4.79 Å². The average molecular weight is 329 g/mol. The molecule has 1 rings (SSSR count). The van der Waals surface area contributed by atoms with Gasteiger partial charge < -0.3 is 9.47 Å². The zero-order valence-electron chi connectivity index (χ0n) is 12.9. The first-order chi connectivity index (χ1) is 10.8. The van der Waals surface area contributed by atoms with Crippen LogP contribution < -0.4 is 0 Å². The summed E-state index contributed by atoms with van der Waals surface area (Å²) in [6.07, 6.45) is -1.88. The van der Waals surface area contributed by atoms with Gasteiger partial charge in [-0.1, -0.05) is 18.7 Å². The third-order valence-corrected chi connectivity index (χ3v) is 2.92. The number of aromatic nitrogens is 1. The van der Waals surface area contributed by atoms with Gasteiger partial charge in [-0.15, -0.1) is 0 Å². The van der Waals surface area contributed by atoms with Crippen molar-refractivity contribution in [2.75, 3.05) is 13.2 Å². The molecule has 0 saturated heterocycles. The van der Waals surface area contributed by atoms with Crippen molar-refractivity contribution in [2.45, 2.75) is 26.6 Å². The lowest BCUT2D eigenvalue weighted by Crippen LogP contribution is -2.12. The molecule has 0 aliphatic rings. The Morgan fingerprint density at radius 3 is 2.74 bits per heavy atom. The molecule has 1 aromatic heterocycles. The van der Waals surface area contributed by atoms with Crippen LogP contribution in [0, 0.1) is 0 Å². The van der Waals surface area contributed by atoms with Crippen molar-refractivity contribution in [3.05, 3.63) is 53.4 Å². The highest BCUT2D eigenvalue weighted by Gasteiger charge is 2.34. The molecule has 1 aromatic rings. The molecule has 1 heterocycles. The van der Waals surface area contributed by atoms with E-state index in [4.69, 9.17) is 9.47 Å². The molecule has 0 radical (unpaired) electrons. The largest absolute Gasteiger partial charge is 0.462 e. The predicted octanol–water partition coefficient (Wildman–Crippen LogP) is 3.68. The van der Waals surface area contributed by atoms with Crippen molar-refractivity contribution in [1.82, 2.24) is 4.98 Å². The van der Waals surface area contributed by atoms with Crippen molar-refractivity contribution in [3.63, 3.8) is 0 Å². The third-order valence-electron chi connectivity index (χ3n) is 2.92. The summed E-state index contributed by atoms with van der Waals surface area (Å²) < 4.78 is 48.3. The summed E-state index contributed by atoms with van der Waals surface area (Å²) in [4.78, 5) is 14.8. The number of pyridine rings is 1. The summed E-state index contributed by atoms with van der Waals surface area (Å²) >= 11 is 0. The average Bonchev–Trinajstić information content (AvgIpc) is 2.50. The Kier molecular flexibility index (Phi) is 6.96. The third kappa shape index (κ3) is 5.86. The van der Waals surface area contributed by atoms with E-state index < -0.39 is 17.8 Å². The Balaban J connectivity index is 2.60. The van der Waals surface area contributed by atoms with Crippen molar-refractivity contribution < 1.29 is 27.4 Å². The SMILES string of the molecule is C=C(C(=O)OCC)/C(C)=C/COCc1cccnc1C(F)(F)F. The number of alkyl halides is 3. The molecule has 126 valence electrons. The number of halogens is 3. The molecule has 0 atom stereocenters. The predicted molar refractivity (Wildman–Crippen MR) is 78.4 cm³/mol. The maximum atomic E-state index is 12.8. The van der Waals surface area contributed by atoms with Crippen LogP contribution in [0.3, 0.4) is 0 Å². The molecule has 7 heteroatoms. The summed E-state index contributed by atoms with van der Waals surface area (Å²) in [5.74, 6) is -0.534. The fourth-order valence-electron chi connectivity index (χ4n) is 1.67. The van der Waals surface area contributed by atoms with Gasteiger partial charge in [0, 0.05) is 11.8 Å². The number of hydrogen-bond acceptors (Lipinski definition) is 4. The van der Waals surface area contributed by atoms with Gasteiger partial charge in [0.2, 0.25) is 0 Å². The molecular weight excluding hydrogens is 311 g/mol. The molecule has 0 aliphatic carbocycles. The summed E-state index contributed by atoms with van der Waals surface area (Å²) in [6.45, 7) is 6.97. The van der Waals surface area contributed by atoms with Gasteiger partial charge in [0.05, 0.1) is 25.4 Å². The molecular formula is C16H18F3NO3. The van der Waals surface area contributed by atoms with E-state index in [9.17, 15) is 18.0 Å². The van der Waals surface area contributed by atoms with Crippen LogP contribution in [-0.4, -0.2) is 24.2 Å². The minimum absolute atomic E-state index is 0.0381. The number of ether oxygens (including phenoxy) is 2.